The summed E-state index contributed by atoms with van der Waals surface area (Å²) in [5, 5.41) is 0. The molecule has 0 radical (unpaired) electrons. The van der Waals surface area contributed by atoms with Crippen molar-refractivity contribution in [2.75, 3.05) is 44.3 Å². The number of nitrogens with zero attached hydrogens (tertiary/aromatic N) is 4. The average Bonchev–Trinajstić information content (AvgIpc) is 3.37. The summed E-state index contributed by atoms with van der Waals surface area (Å²) in [5.41, 5.74) is 0.236. The Balaban J connectivity index is 1.43. The lowest BCUT2D eigenvalue weighted by Gasteiger charge is -2.59. The second-order valence-corrected chi connectivity index (χ2v) is 7.69. The molecule has 1 aliphatic carbocycles. The summed E-state index contributed by atoms with van der Waals surface area (Å²) in [4.78, 5) is 13.2. The second-order valence-electron chi connectivity index (χ2n) is 7.69. The van der Waals surface area contributed by atoms with Crippen LogP contribution >= 0.6 is 0 Å². The minimum absolute atomic E-state index is 0.236. The molecule has 24 heavy (non-hydrogen) atoms. The summed E-state index contributed by atoms with van der Waals surface area (Å²) < 4.78 is 18.7. The fourth-order valence-corrected chi connectivity index (χ4v) is 4.27. The highest BCUT2D eigenvalue weighted by molar-refractivity contribution is 5.38. The van der Waals surface area contributed by atoms with Gasteiger partial charge < -0.3 is 9.64 Å². The van der Waals surface area contributed by atoms with E-state index in [1.165, 1.54) is 51.2 Å². The Morgan fingerprint density at radius 3 is 2.62 bits per heavy atom. The number of ether oxygens (including phenoxy) is 1. The molecule has 0 bridgehead atoms. The van der Waals surface area contributed by atoms with Crippen molar-refractivity contribution in [3.8, 4) is 0 Å². The zero-order valence-corrected chi connectivity index (χ0v) is 14.5. The van der Waals surface area contributed by atoms with Crippen LogP contribution in [0.25, 0.3) is 0 Å². The molecule has 3 aliphatic rings. The number of anilines is 1. The van der Waals surface area contributed by atoms with Crippen LogP contribution in [0.3, 0.4) is 0 Å². The van der Waals surface area contributed by atoms with E-state index in [-0.39, 0.29) is 11.4 Å². The summed E-state index contributed by atoms with van der Waals surface area (Å²) in [7, 11) is 0. The van der Waals surface area contributed by atoms with Gasteiger partial charge in [0.2, 0.25) is 5.95 Å². The Kier molecular flexibility index (Phi) is 4.43. The number of likely N-dealkylation sites (tertiary alicyclic amines) is 1. The maximum atomic E-state index is 13.0. The Bertz CT molecular complexity index is 557. The van der Waals surface area contributed by atoms with Gasteiger partial charge in [-0.3, -0.25) is 4.90 Å². The molecule has 1 saturated carbocycles. The molecule has 1 aromatic heterocycles. The Labute approximate surface area is 143 Å². The van der Waals surface area contributed by atoms with E-state index in [0.29, 0.717) is 11.9 Å². The lowest BCUT2D eigenvalue weighted by molar-refractivity contribution is -0.0284. The van der Waals surface area contributed by atoms with Gasteiger partial charge in [-0.25, -0.2) is 14.4 Å². The van der Waals surface area contributed by atoms with Gasteiger partial charge in [-0.05, 0) is 51.0 Å². The Morgan fingerprint density at radius 1 is 1.21 bits per heavy atom. The first-order valence-corrected chi connectivity index (χ1v) is 9.24. The monoisotopic (exact) mass is 334 g/mol. The largest absolute Gasteiger partial charge is 0.381 e. The standard InChI is InChI=1S/C18H27FN4O/c1-2-24-11-15-5-6-23(10-14-3-4-14)18(7-15)12-22(13-18)17-20-8-16(19)9-21-17/h8-9,14-15H,2-7,10-13H2,1H3. The number of rotatable bonds is 6. The van der Waals surface area contributed by atoms with Crippen LogP contribution in [-0.4, -0.2) is 59.8 Å². The number of halogens is 1. The minimum Gasteiger partial charge on any atom is -0.381 e. The van der Waals surface area contributed by atoms with Crippen LogP contribution < -0.4 is 4.90 Å². The van der Waals surface area contributed by atoms with E-state index < -0.39 is 0 Å². The van der Waals surface area contributed by atoms with Gasteiger partial charge in [-0.1, -0.05) is 0 Å². The van der Waals surface area contributed by atoms with Crippen LogP contribution in [0, 0.1) is 17.7 Å². The number of aromatic nitrogens is 2. The SMILES string of the molecule is CCOCC1CCN(CC2CC2)C2(C1)CN(c1ncc(F)cn1)C2. The molecule has 1 unspecified atom stereocenters. The van der Waals surface area contributed by atoms with Crippen molar-refractivity contribution in [2.24, 2.45) is 11.8 Å². The van der Waals surface area contributed by atoms with Gasteiger partial charge in [0.25, 0.3) is 0 Å². The molecule has 0 aromatic carbocycles. The molecule has 1 aromatic rings. The van der Waals surface area contributed by atoms with Gasteiger partial charge in [-0.2, -0.15) is 0 Å². The second kappa shape index (κ2) is 6.56. The first kappa shape index (κ1) is 16.2. The van der Waals surface area contributed by atoms with Crippen molar-refractivity contribution in [1.82, 2.24) is 14.9 Å². The van der Waals surface area contributed by atoms with Crippen molar-refractivity contribution in [2.45, 2.75) is 38.1 Å². The lowest BCUT2D eigenvalue weighted by atomic mass is 9.75. The molecule has 6 heteroatoms. The van der Waals surface area contributed by atoms with Crippen molar-refractivity contribution in [3.63, 3.8) is 0 Å². The van der Waals surface area contributed by atoms with E-state index in [9.17, 15) is 4.39 Å². The Morgan fingerprint density at radius 2 is 1.96 bits per heavy atom. The molecule has 3 heterocycles. The normalized spacial score (nSPS) is 26.6. The fourth-order valence-electron chi connectivity index (χ4n) is 4.27. The number of hydrogen-bond acceptors (Lipinski definition) is 5. The van der Waals surface area contributed by atoms with E-state index in [0.717, 1.165) is 32.2 Å². The van der Waals surface area contributed by atoms with Crippen LogP contribution in [-0.2, 0) is 4.74 Å². The molecule has 5 nitrogen and oxygen atoms in total. The third kappa shape index (κ3) is 3.26. The van der Waals surface area contributed by atoms with Crippen molar-refractivity contribution in [1.29, 1.82) is 0 Å². The third-order valence-electron chi connectivity index (χ3n) is 5.74. The quantitative estimate of drug-likeness (QED) is 0.799. The first-order valence-electron chi connectivity index (χ1n) is 9.24. The van der Waals surface area contributed by atoms with Gasteiger partial charge in [0, 0.05) is 32.8 Å². The number of hydrogen-bond donors (Lipinski definition) is 0. The van der Waals surface area contributed by atoms with Crippen LogP contribution in [0.5, 0.6) is 0 Å². The van der Waals surface area contributed by atoms with Gasteiger partial charge in [-0.15, -0.1) is 0 Å². The predicted molar refractivity (Wildman–Crippen MR) is 90.4 cm³/mol. The van der Waals surface area contributed by atoms with Crippen molar-refractivity contribution < 1.29 is 9.13 Å². The molecule has 132 valence electrons. The molecule has 4 rings (SSSR count). The maximum absolute atomic E-state index is 13.0. The lowest BCUT2D eigenvalue weighted by Crippen LogP contribution is -2.73. The van der Waals surface area contributed by atoms with E-state index in [2.05, 4.69) is 26.7 Å². The van der Waals surface area contributed by atoms with Gasteiger partial charge in [0.1, 0.15) is 0 Å². The molecule has 1 atom stereocenters. The number of piperidine rings is 1. The van der Waals surface area contributed by atoms with Crippen LogP contribution in [0.15, 0.2) is 12.4 Å². The smallest absolute Gasteiger partial charge is 0.225 e. The van der Waals surface area contributed by atoms with Crippen LogP contribution in [0.2, 0.25) is 0 Å². The highest BCUT2D eigenvalue weighted by atomic mass is 19.1. The highest BCUT2D eigenvalue weighted by Gasteiger charge is 2.52. The molecular weight excluding hydrogens is 307 g/mol. The van der Waals surface area contributed by atoms with Gasteiger partial charge in [0.15, 0.2) is 5.82 Å². The third-order valence-corrected chi connectivity index (χ3v) is 5.74. The van der Waals surface area contributed by atoms with Crippen LogP contribution in [0.1, 0.15) is 32.6 Å². The fraction of sp³-hybridized carbons (Fsp3) is 0.778. The maximum Gasteiger partial charge on any atom is 0.225 e. The van der Waals surface area contributed by atoms with Gasteiger partial charge in [0.05, 0.1) is 17.9 Å². The zero-order valence-electron chi connectivity index (χ0n) is 14.5. The van der Waals surface area contributed by atoms with Crippen molar-refractivity contribution in [3.05, 3.63) is 18.2 Å². The molecule has 1 spiro atoms. The summed E-state index contributed by atoms with van der Waals surface area (Å²) in [5.74, 6) is 1.83. The average molecular weight is 334 g/mol. The summed E-state index contributed by atoms with van der Waals surface area (Å²) in [6.07, 6.45) is 7.72. The van der Waals surface area contributed by atoms with Crippen LogP contribution in [0.4, 0.5) is 10.3 Å². The van der Waals surface area contributed by atoms with Crippen molar-refractivity contribution >= 4 is 5.95 Å². The summed E-state index contributed by atoms with van der Waals surface area (Å²) in [6.45, 7) is 8.05. The molecule has 3 fully saturated rings. The molecular formula is C18H27FN4O. The summed E-state index contributed by atoms with van der Waals surface area (Å²) >= 11 is 0. The highest BCUT2D eigenvalue weighted by Crippen LogP contribution is 2.43. The molecule has 0 N–H and O–H groups in total. The molecule has 2 saturated heterocycles. The molecule has 0 amide bonds. The molecule has 2 aliphatic heterocycles. The topological polar surface area (TPSA) is 41.5 Å². The van der Waals surface area contributed by atoms with Gasteiger partial charge >= 0.3 is 0 Å². The predicted octanol–water partition coefficient (Wildman–Crippen LogP) is 2.33. The van der Waals surface area contributed by atoms with E-state index in [1.54, 1.807) is 0 Å². The van der Waals surface area contributed by atoms with E-state index in [1.807, 2.05) is 0 Å². The first-order chi connectivity index (χ1) is 11.7. The van der Waals surface area contributed by atoms with E-state index in [4.69, 9.17) is 4.74 Å². The Hall–Kier alpha value is -1.27. The summed E-state index contributed by atoms with van der Waals surface area (Å²) in [6, 6.07) is 0. The zero-order chi connectivity index (χ0) is 16.6. The minimum atomic E-state index is -0.376. The van der Waals surface area contributed by atoms with E-state index >= 15 is 0 Å².